The number of ether oxygens (including phenoxy) is 2. The fourth-order valence-electron chi connectivity index (χ4n) is 2.36. The van der Waals surface area contributed by atoms with Gasteiger partial charge in [0.1, 0.15) is 12.2 Å². The first kappa shape index (κ1) is 10.4. The SMILES string of the molecule is CC(C)[C@@H]1C[C@@H]2O[C@@H](O[C@H]2CO)[C@H]1O. The molecule has 2 saturated heterocycles. The Morgan fingerprint density at radius 3 is 2.64 bits per heavy atom. The second-order valence-electron chi connectivity index (χ2n) is 4.53. The summed E-state index contributed by atoms with van der Waals surface area (Å²) in [6.07, 6.45) is -0.596. The van der Waals surface area contributed by atoms with Crippen LogP contribution in [-0.2, 0) is 9.47 Å². The van der Waals surface area contributed by atoms with E-state index in [-0.39, 0.29) is 24.7 Å². The third-order valence-electron chi connectivity index (χ3n) is 3.29. The van der Waals surface area contributed by atoms with Gasteiger partial charge in [0.25, 0.3) is 0 Å². The third-order valence-corrected chi connectivity index (χ3v) is 3.29. The van der Waals surface area contributed by atoms with Crippen LogP contribution in [0.15, 0.2) is 0 Å². The van der Waals surface area contributed by atoms with E-state index in [1.54, 1.807) is 0 Å². The van der Waals surface area contributed by atoms with Gasteiger partial charge in [0.2, 0.25) is 0 Å². The Bertz CT molecular complexity index is 206. The van der Waals surface area contributed by atoms with E-state index in [1.807, 2.05) is 0 Å². The standard InChI is InChI=1S/C10H18O4/c1-5(2)6-3-7-8(4-11)14-10(13-7)9(6)12/h5-12H,3-4H2,1-2H3/t6-,7-,8-,9-,10-/m0/s1. The summed E-state index contributed by atoms with van der Waals surface area (Å²) < 4.78 is 10.9. The Hall–Kier alpha value is -0.160. The van der Waals surface area contributed by atoms with Gasteiger partial charge in [0.05, 0.1) is 12.7 Å². The first-order chi connectivity index (χ1) is 6.63. The predicted octanol–water partition coefficient (Wildman–Crippen LogP) is 0.126. The maximum absolute atomic E-state index is 9.91. The Morgan fingerprint density at radius 1 is 1.36 bits per heavy atom. The molecule has 0 aromatic heterocycles. The molecule has 2 fully saturated rings. The van der Waals surface area contributed by atoms with Crippen LogP contribution in [0.5, 0.6) is 0 Å². The van der Waals surface area contributed by atoms with Crippen LogP contribution in [0.4, 0.5) is 0 Å². The molecule has 5 atom stereocenters. The summed E-state index contributed by atoms with van der Waals surface area (Å²) in [6.45, 7) is 4.15. The van der Waals surface area contributed by atoms with Gasteiger partial charge in [-0.2, -0.15) is 0 Å². The Labute approximate surface area is 83.8 Å². The molecule has 2 heterocycles. The van der Waals surface area contributed by atoms with Crippen molar-refractivity contribution in [2.75, 3.05) is 6.61 Å². The summed E-state index contributed by atoms with van der Waals surface area (Å²) in [4.78, 5) is 0. The van der Waals surface area contributed by atoms with Crippen LogP contribution in [0.1, 0.15) is 20.3 Å². The smallest absolute Gasteiger partial charge is 0.184 e. The minimum absolute atomic E-state index is 0.0291. The van der Waals surface area contributed by atoms with Gasteiger partial charge < -0.3 is 19.7 Å². The molecular weight excluding hydrogens is 184 g/mol. The lowest BCUT2D eigenvalue weighted by atomic mass is 9.83. The average molecular weight is 202 g/mol. The van der Waals surface area contributed by atoms with Crippen LogP contribution >= 0.6 is 0 Å². The van der Waals surface area contributed by atoms with E-state index in [4.69, 9.17) is 14.6 Å². The monoisotopic (exact) mass is 202 g/mol. The number of hydrogen-bond donors (Lipinski definition) is 2. The van der Waals surface area contributed by atoms with Crippen molar-refractivity contribution in [1.82, 2.24) is 0 Å². The zero-order valence-electron chi connectivity index (χ0n) is 8.59. The zero-order valence-corrected chi connectivity index (χ0v) is 8.59. The van der Waals surface area contributed by atoms with Crippen molar-refractivity contribution in [3.8, 4) is 0 Å². The predicted molar refractivity (Wildman–Crippen MR) is 49.6 cm³/mol. The molecule has 4 nitrogen and oxygen atoms in total. The van der Waals surface area contributed by atoms with Gasteiger partial charge in [-0.15, -0.1) is 0 Å². The Kier molecular flexibility index (Phi) is 2.79. The van der Waals surface area contributed by atoms with E-state index in [1.165, 1.54) is 0 Å². The summed E-state index contributed by atoms with van der Waals surface area (Å²) in [6, 6.07) is 0. The molecule has 0 aromatic carbocycles. The normalized spacial score (nSPS) is 47.4. The lowest BCUT2D eigenvalue weighted by Gasteiger charge is -2.34. The molecular formula is C10H18O4. The largest absolute Gasteiger partial charge is 0.394 e. The topological polar surface area (TPSA) is 58.9 Å². The highest BCUT2D eigenvalue weighted by atomic mass is 16.7. The highest BCUT2D eigenvalue weighted by Gasteiger charge is 2.48. The fraction of sp³-hybridized carbons (Fsp3) is 1.00. The molecule has 0 aromatic rings. The minimum Gasteiger partial charge on any atom is -0.394 e. The van der Waals surface area contributed by atoms with Crippen LogP contribution in [0.2, 0.25) is 0 Å². The number of hydrogen-bond acceptors (Lipinski definition) is 4. The fourth-order valence-corrected chi connectivity index (χ4v) is 2.36. The first-order valence-corrected chi connectivity index (χ1v) is 5.23. The molecule has 0 aliphatic carbocycles. The van der Waals surface area contributed by atoms with Gasteiger partial charge in [-0.25, -0.2) is 0 Å². The van der Waals surface area contributed by atoms with E-state index >= 15 is 0 Å². The Morgan fingerprint density at radius 2 is 2.07 bits per heavy atom. The molecule has 2 aliphatic heterocycles. The zero-order chi connectivity index (χ0) is 10.3. The molecule has 82 valence electrons. The number of aliphatic hydroxyl groups is 2. The molecule has 2 bridgehead atoms. The highest BCUT2D eigenvalue weighted by Crippen LogP contribution is 2.38. The maximum atomic E-state index is 9.91. The quantitative estimate of drug-likeness (QED) is 0.668. The van der Waals surface area contributed by atoms with Crippen molar-refractivity contribution in [3.63, 3.8) is 0 Å². The highest BCUT2D eigenvalue weighted by molar-refractivity contribution is 4.91. The van der Waals surface area contributed by atoms with Gasteiger partial charge in [0, 0.05) is 0 Å². The van der Waals surface area contributed by atoms with Crippen molar-refractivity contribution in [3.05, 3.63) is 0 Å². The Balaban J connectivity index is 2.08. The van der Waals surface area contributed by atoms with Crippen molar-refractivity contribution < 1.29 is 19.7 Å². The van der Waals surface area contributed by atoms with Crippen molar-refractivity contribution >= 4 is 0 Å². The summed E-state index contributed by atoms with van der Waals surface area (Å²) >= 11 is 0. The van der Waals surface area contributed by atoms with Gasteiger partial charge in [-0.1, -0.05) is 13.8 Å². The molecule has 0 spiro atoms. The van der Waals surface area contributed by atoms with Gasteiger partial charge in [0.15, 0.2) is 6.29 Å². The average Bonchev–Trinajstić information content (AvgIpc) is 2.50. The van der Waals surface area contributed by atoms with Crippen LogP contribution in [0.3, 0.4) is 0 Å². The van der Waals surface area contributed by atoms with Gasteiger partial charge in [-0.3, -0.25) is 0 Å². The molecule has 0 unspecified atom stereocenters. The van der Waals surface area contributed by atoms with Crippen molar-refractivity contribution in [1.29, 1.82) is 0 Å². The molecule has 0 radical (unpaired) electrons. The molecule has 2 rings (SSSR count). The second kappa shape index (κ2) is 3.77. The number of rotatable bonds is 2. The molecule has 4 heteroatoms. The molecule has 0 amide bonds. The van der Waals surface area contributed by atoms with Crippen molar-refractivity contribution in [2.24, 2.45) is 11.8 Å². The van der Waals surface area contributed by atoms with Crippen LogP contribution in [0, 0.1) is 11.8 Å². The van der Waals surface area contributed by atoms with Crippen molar-refractivity contribution in [2.45, 2.75) is 44.9 Å². The van der Waals surface area contributed by atoms with E-state index in [0.29, 0.717) is 5.92 Å². The van der Waals surface area contributed by atoms with Crippen LogP contribution < -0.4 is 0 Å². The molecule has 2 aliphatic rings. The molecule has 2 N–H and O–H groups in total. The van der Waals surface area contributed by atoms with Crippen LogP contribution in [0.25, 0.3) is 0 Å². The van der Waals surface area contributed by atoms with E-state index in [2.05, 4.69) is 13.8 Å². The number of fused-ring (bicyclic) bond motifs is 2. The minimum atomic E-state index is -0.553. The number of aliphatic hydroxyl groups excluding tert-OH is 2. The summed E-state index contributed by atoms with van der Waals surface area (Å²) in [5.41, 5.74) is 0. The lowest BCUT2D eigenvalue weighted by molar-refractivity contribution is -0.184. The molecule has 14 heavy (non-hydrogen) atoms. The van der Waals surface area contributed by atoms with Crippen LogP contribution in [-0.4, -0.2) is 41.4 Å². The summed E-state index contributed by atoms with van der Waals surface area (Å²) in [7, 11) is 0. The third kappa shape index (κ3) is 1.56. The first-order valence-electron chi connectivity index (χ1n) is 5.23. The second-order valence-corrected chi connectivity index (χ2v) is 4.53. The van der Waals surface area contributed by atoms with E-state index in [9.17, 15) is 5.11 Å². The van der Waals surface area contributed by atoms with Gasteiger partial charge in [-0.05, 0) is 18.3 Å². The lowest BCUT2D eigenvalue weighted by Crippen LogP contribution is -2.42. The summed E-state index contributed by atoms with van der Waals surface area (Å²) in [5, 5.41) is 18.9. The van der Waals surface area contributed by atoms with E-state index < -0.39 is 12.4 Å². The molecule has 0 saturated carbocycles. The summed E-state index contributed by atoms with van der Waals surface area (Å²) in [5.74, 6) is 0.634. The maximum Gasteiger partial charge on any atom is 0.184 e. The van der Waals surface area contributed by atoms with Gasteiger partial charge >= 0.3 is 0 Å². The van der Waals surface area contributed by atoms with E-state index in [0.717, 1.165) is 6.42 Å².